The molecular formula is C12H12N2. The van der Waals surface area contributed by atoms with Gasteiger partial charge in [0, 0.05) is 23.6 Å². The van der Waals surface area contributed by atoms with Crippen LogP contribution in [0.25, 0.3) is 11.1 Å². The molecule has 2 rings (SSSR count). The Labute approximate surface area is 83.4 Å². The largest absolute Gasteiger partial charge is 0.398 e. The highest BCUT2D eigenvalue weighted by atomic mass is 14.6. The molecule has 0 aliphatic rings. The molecule has 0 unspecified atom stereocenters. The first-order valence-electron chi connectivity index (χ1n) is 4.54. The Balaban J connectivity index is 2.58. The molecule has 2 heteroatoms. The van der Waals surface area contributed by atoms with Crippen molar-refractivity contribution in [2.75, 3.05) is 5.73 Å². The standard InChI is InChI=1S/C12H12N2/c1-9-11(5-2-6-12(9)13)10-4-3-7-14-8-10/h2-8H,13H2,1H3. The van der Waals surface area contributed by atoms with Gasteiger partial charge in [0.1, 0.15) is 0 Å². The van der Waals surface area contributed by atoms with Gasteiger partial charge in [0.05, 0.1) is 0 Å². The summed E-state index contributed by atoms with van der Waals surface area (Å²) in [7, 11) is 0. The monoisotopic (exact) mass is 184 g/mol. The van der Waals surface area contributed by atoms with E-state index in [-0.39, 0.29) is 0 Å². The summed E-state index contributed by atoms with van der Waals surface area (Å²) in [6.07, 6.45) is 3.62. The molecule has 1 heterocycles. The van der Waals surface area contributed by atoms with Gasteiger partial charge >= 0.3 is 0 Å². The molecule has 0 spiro atoms. The van der Waals surface area contributed by atoms with Crippen LogP contribution in [0.3, 0.4) is 0 Å². The summed E-state index contributed by atoms with van der Waals surface area (Å²) in [5.74, 6) is 0. The van der Waals surface area contributed by atoms with E-state index in [4.69, 9.17) is 5.73 Å². The third kappa shape index (κ3) is 1.46. The molecule has 2 N–H and O–H groups in total. The maximum Gasteiger partial charge on any atom is 0.0349 e. The molecule has 14 heavy (non-hydrogen) atoms. The minimum Gasteiger partial charge on any atom is -0.398 e. The molecule has 0 bridgehead atoms. The van der Waals surface area contributed by atoms with Gasteiger partial charge < -0.3 is 5.73 Å². The Morgan fingerprint density at radius 1 is 1.14 bits per heavy atom. The van der Waals surface area contributed by atoms with Gasteiger partial charge in [-0.15, -0.1) is 0 Å². The van der Waals surface area contributed by atoms with Crippen molar-refractivity contribution in [2.45, 2.75) is 6.92 Å². The number of nitrogens with zero attached hydrogens (tertiary/aromatic N) is 1. The lowest BCUT2D eigenvalue weighted by molar-refractivity contribution is 1.32. The summed E-state index contributed by atoms with van der Waals surface area (Å²) in [6.45, 7) is 2.03. The fourth-order valence-electron chi connectivity index (χ4n) is 1.49. The van der Waals surface area contributed by atoms with E-state index in [9.17, 15) is 0 Å². The van der Waals surface area contributed by atoms with Crippen LogP contribution in [0.15, 0.2) is 42.7 Å². The van der Waals surface area contributed by atoms with Crippen molar-refractivity contribution >= 4 is 5.69 Å². The fraction of sp³-hybridized carbons (Fsp3) is 0.0833. The molecule has 0 saturated heterocycles. The maximum atomic E-state index is 5.84. The number of pyridine rings is 1. The molecule has 0 saturated carbocycles. The Kier molecular flexibility index (Phi) is 2.19. The summed E-state index contributed by atoms with van der Waals surface area (Å²) >= 11 is 0. The number of nitrogens with two attached hydrogens (primary N) is 1. The highest BCUT2D eigenvalue weighted by Crippen LogP contribution is 2.25. The van der Waals surface area contributed by atoms with Crippen molar-refractivity contribution in [1.29, 1.82) is 0 Å². The predicted molar refractivity (Wildman–Crippen MR) is 58.8 cm³/mol. The zero-order chi connectivity index (χ0) is 9.97. The Bertz CT molecular complexity index is 435. The van der Waals surface area contributed by atoms with Crippen molar-refractivity contribution in [3.63, 3.8) is 0 Å². The van der Waals surface area contributed by atoms with E-state index >= 15 is 0 Å². The highest BCUT2D eigenvalue weighted by Gasteiger charge is 2.02. The van der Waals surface area contributed by atoms with E-state index in [0.29, 0.717) is 0 Å². The van der Waals surface area contributed by atoms with E-state index < -0.39 is 0 Å². The minimum atomic E-state index is 0.825. The van der Waals surface area contributed by atoms with Crippen LogP contribution in [0, 0.1) is 6.92 Å². The number of hydrogen-bond donors (Lipinski definition) is 1. The summed E-state index contributed by atoms with van der Waals surface area (Å²) in [5, 5.41) is 0. The predicted octanol–water partition coefficient (Wildman–Crippen LogP) is 2.64. The molecule has 2 aromatic rings. The average Bonchev–Trinajstić information content (AvgIpc) is 2.23. The first kappa shape index (κ1) is 8.75. The van der Waals surface area contributed by atoms with E-state index in [2.05, 4.69) is 11.1 Å². The number of anilines is 1. The number of rotatable bonds is 1. The lowest BCUT2D eigenvalue weighted by Crippen LogP contribution is -1.91. The Morgan fingerprint density at radius 2 is 2.00 bits per heavy atom. The average molecular weight is 184 g/mol. The molecule has 0 fully saturated rings. The third-order valence-electron chi connectivity index (χ3n) is 2.35. The molecule has 0 atom stereocenters. The number of hydrogen-bond acceptors (Lipinski definition) is 2. The van der Waals surface area contributed by atoms with Crippen molar-refractivity contribution < 1.29 is 0 Å². The highest BCUT2D eigenvalue weighted by molar-refractivity contribution is 5.71. The van der Waals surface area contributed by atoms with Gasteiger partial charge in [-0.1, -0.05) is 18.2 Å². The summed E-state index contributed by atoms with van der Waals surface area (Å²) < 4.78 is 0. The molecule has 2 nitrogen and oxygen atoms in total. The molecule has 0 radical (unpaired) electrons. The van der Waals surface area contributed by atoms with Gasteiger partial charge in [0.25, 0.3) is 0 Å². The summed E-state index contributed by atoms with van der Waals surface area (Å²) in [5.41, 5.74) is 10.0. The van der Waals surface area contributed by atoms with Crippen LogP contribution in [-0.2, 0) is 0 Å². The molecule has 70 valence electrons. The van der Waals surface area contributed by atoms with Crippen molar-refractivity contribution in [3.8, 4) is 11.1 Å². The van der Waals surface area contributed by atoms with Gasteiger partial charge in [-0.2, -0.15) is 0 Å². The van der Waals surface area contributed by atoms with Gasteiger partial charge in [0.2, 0.25) is 0 Å². The third-order valence-corrected chi connectivity index (χ3v) is 2.35. The topological polar surface area (TPSA) is 38.9 Å². The second-order valence-corrected chi connectivity index (χ2v) is 3.26. The quantitative estimate of drug-likeness (QED) is 0.692. The summed E-state index contributed by atoms with van der Waals surface area (Å²) in [6, 6.07) is 9.90. The van der Waals surface area contributed by atoms with Crippen LogP contribution in [0.4, 0.5) is 5.69 Å². The van der Waals surface area contributed by atoms with Crippen LogP contribution in [0.1, 0.15) is 5.56 Å². The minimum absolute atomic E-state index is 0.825. The van der Waals surface area contributed by atoms with Crippen LogP contribution in [-0.4, -0.2) is 4.98 Å². The fourth-order valence-corrected chi connectivity index (χ4v) is 1.49. The van der Waals surface area contributed by atoms with Crippen LogP contribution >= 0.6 is 0 Å². The molecule has 1 aromatic heterocycles. The molecule has 1 aromatic carbocycles. The number of benzene rings is 1. The number of aromatic nitrogens is 1. The van der Waals surface area contributed by atoms with Crippen LogP contribution in [0.5, 0.6) is 0 Å². The van der Waals surface area contributed by atoms with Gasteiger partial charge in [-0.25, -0.2) is 0 Å². The lowest BCUT2D eigenvalue weighted by Gasteiger charge is -2.07. The SMILES string of the molecule is Cc1c(N)cccc1-c1cccnc1. The van der Waals surface area contributed by atoms with Gasteiger partial charge in [0.15, 0.2) is 0 Å². The second kappa shape index (κ2) is 3.50. The lowest BCUT2D eigenvalue weighted by atomic mass is 10.0. The van der Waals surface area contributed by atoms with Crippen molar-refractivity contribution in [2.24, 2.45) is 0 Å². The Hall–Kier alpha value is -1.83. The van der Waals surface area contributed by atoms with E-state index in [1.807, 2.05) is 37.4 Å². The first-order chi connectivity index (χ1) is 6.79. The van der Waals surface area contributed by atoms with E-state index in [1.54, 1.807) is 6.20 Å². The van der Waals surface area contributed by atoms with Crippen molar-refractivity contribution in [1.82, 2.24) is 4.98 Å². The van der Waals surface area contributed by atoms with Crippen molar-refractivity contribution in [3.05, 3.63) is 48.3 Å². The van der Waals surface area contributed by atoms with Crippen LogP contribution in [0.2, 0.25) is 0 Å². The molecule has 0 amide bonds. The van der Waals surface area contributed by atoms with E-state index in [1.165, 1.54) is 0 Å². The number of nitrogen functional groups attached to an aromatic ring is 1. The second-order valence-electron chi connectivity index (χ2n) is 3.26. The smallest absolute Gasteiger partial charge is 0.0349 e. The normalized spacial score (nSPS) is 10.1. The molecule has 0 aliphatic heterocycles. The zero-order valence-electron chi connectivity index (χ0n) is 8.07. The van der Waals surface area contributed by atoms with Crippen LogP contribution < -0.4 is 5.73 Å². The first-order valence-corrected chi connectivity index (χ1v) is 4.54. The van der Waals surface area contributed by atoms with Gasteiger partial charge in [-0.05, 0) is 30.2 Å². The molecular weight excluding hydrogens is 172 g/mol. The maximum absolute atomic E-state index is 5.84. The van der Waals surface area contributed by atoms with Gasteiger partial charge in [-0.3, -0.25) is 4.98 Å². The van der Waals surface area contributed by atoms with E-state index in [0.717, 1.165) is 22.4 Å². The molecule has 0 aliphatic carbocycles. The summed E-state index contributed by atoms with van der Waals surface area (Å²) in [4.78, 5) is 4.09. The Morgan fingerprint density at radius 3 is 2.71 bits per heavy atom. The zero-order valence-corrected chi connectivity index (χ0v) is 8.07.